The van der Waals surface area contributed by atoms with Crippen LogP contribution in [0.3, 0.4) is 0 Å². The standard InChI is InChI=1S/C27H24FN3O2/c1-16(30-31-27(33)22-5-2-3-8-25(22)32)18-11-14-24-23(15-18)20-6-4-7-21(20)26(29-24)17-9-12-19(28)13-10-17/h2-6,8-15,20-21,26,29,32H,7H2,1H3,(H,31,33)/b30-16-/t20-,21+,26+/m1/s1. The summed E-state index contributed by atoms with van der Waals surface area (Å²) < 4.78 is 13.4. The van der Waals surface area contributed by atoms with E-state index < -0.39 is 5.91 Å². The van der Waals surface area contributed by atoms with Crippen LogP contribution in [0.25, 0.3) is 0 Å². The summed E-state index contributed by atoms with van der Waals surface area (Å²) in [6.07, 6.45) is 5.41. The molecule has 1 aliphatic carbocycles. The van der Waals surface area contributed by atoms with Gasteiger partial charge in [0.1, 0.15) is 11.6 Å². The molecule has 0 spiro atoms. The van der Waals surface area contributed by atoms with E-state index in [1.807, 2.05) is 31.2 Å². The highest BCUT2D eigenvalue weighted by Gasteiger charge is 2.38. The van der Waals surface area contributed by atoms with E-state index in [1.54, 1.807) is 18.2 Å². The van der Waals surface area contributed by atoms with Gasteiger partial charge in [0.25, 0.3) is 5.91 Å². The number of benzene rings is 3. The Morgan fingerprint density at radius 1 is 1.12 bits per heavy atom. The molecule has 33 heavy (non-hydrogen) atoms. The Labute approximate surface area is 191 Å². The van der Waals surface area contributed by atoms with E-state index in [9.17, 15) is 14.3 Å². The molecule has 166 valence electrons. The van der Waals surface area contributed by atoms with Crippen LogP contribution in [0.4, 0.5) is 10.1 Å². The fourth-order valence-electron chi connectivity index (χ4n) is 4.74. The highest BCUT2D eigenvalue weighted by Crippen LogP contribution is 2.49. The molecule has 3 atom stereocenters. The third-order valence-electron chi connectivity index (χ3n) is 6.48. The number of rotatable bonds is 4. The lowest BCUT2D eigenvalue weighted by Crippen LogP contribution is -2.29. The second-order valence-corrected chi connectivity index (χ2v) is 8.48. The van der Waals surface area contributed by atoms with Crippen molar-refractivity contribution in [1.29, 1.82) is 0 Å². The maximum atomic E-state index is 13.4. The number of hydrazone groups is 1. The Hall–Kier alpha value is -3.93. The molecule has 5 nitrogen and oxygen atoms in total. The van der Waals surface area contributed by atoms with Gasteiger partial charge in [0, 0.05) is 11.6 Å². The van der Waals surface area contributed by atoms with Crippen molar-refractivity contribution < 1.29 is 14.3 Å². The van der Waals surface area contributed by atoms with Crippen molar-refractivity contribution in [2.45, 2.75) is 25.3 Å². The molecule has 2 aliphatic rings. The van der Waals surface area contributed by atoms with Crippen LogP contribution in [0.1, 0.15) is 52.4 Å². The van der Waals surface area contributed by atoms with Gasteiger partial charge in [0.05, 0.1) is 17.3 Å². The van der Waals surface area contributed by atoms with Crippen LogP contribution in [0.15, 0.2) is 84.0 Å². The summed E-state index contributed by atoms with van der Waals surface area (Å²) in [4.78, 5) is 12.4. The van der Waals surface area contributed by atoms with Gasteiger partial charge in [-0.25, -0.2) is 9.82 Å². The second-order valence-electron chi connectivity index (χ2n) is 8.48. The number of hydrogen-bond acceptors (Lipinski definition) is 4. The van der Waals surface area contributed by atoms with Gasteiger partial charge in [-0.15, -0.1) is 0 Å². The number of halogens is 1. The van der Waals surface area contributed by atoms with Crippen LogP contribution < -0.4 is 10.7 Å². The summed E-state index contributed by atoms with van der Waals surface area (Å²) in [5.41, 5.74) is 7.59. The average Bonchev–Trinajstić information content (AvgIpc) is 3.33. The number of allylic oxidation sites excluding steroid dienone is 2. The first kappa shape index (κ1) is 20.9. The maximum Gasteiger partial charge on any atom is 0.275 e. The van der Waals surface area contributed by atoms with Crippen molar-refractivity contribution >= 4 is 17.3 Å². The molecule has 3 aromatic rings. The number of para-hydroxylation sites is 1. The van der Waals surface area contributed by atoms with Gasteiger partial charge in [0.2, 0.25) is 0 Å². The summed E-state index contributed by atoms with van der Waals surface area (Å²) in [7, 11) is 0. The number of carbonyl (C=O) groups excluding carboxylic acids is 1. The first-order valence-corrected chi connectivity index (χ1v) is 11.0. The number of nitrogens with one attached hydrogen (secondary N) is 2. The number of nitrogens with zero attached hydrogens (tertiary/aromatic N) is 1. The first-order chi connectivity index (χ1) is 16.0. The van der Waals surface area contributed by atoms with Crippen LogP contribution in [0, 0.1) is 11.7 Å². The highest BCUT2D eigenvalue weighted by atomic mass is 19.1. The number of phenolic OH excluding ortho intramolecular Hbond substituents is 1. The quantitative estimate of drug-likeness (QED) is 0.284. The number of phenols is 1. The monoisotopic (exact) mass is 441 g/mol. The third kappa shape index (κ3) is 4.00. The lowest BCUT2D eigenvalue weighted by molar-refractivity contribution is 0.0952. The summed E-state index contributed by atoms with van der Waals surface area (Å²) in [5.74, 6) is -0.188. The molecular formula is C27H24FN3O2. The Kier molecular flexibility index (Phi) is 5.42. The van der Waals surface area contributed by atoms with Crippen LogP contribution in [-0.2, 0) is 0 Å². The van der Waals surface area contributed by atoms with Crippen molar-refractivity contribution in [2.75, 3.05) is 5.32 Å². The zero-order valence-electron chi connectivity index (χ0n) is 18.1. The van der Waals surface area contributed by atoms with Crippen molar-refractivity contribution in [3.63, 3.8) is 0 Å². The molecule has 0 saturated heterocycles. The Bertz CT molecular complexity index is 1270. The van der Waals surface area contributed by atoms with Crippen molar-refractivity contribution in [3.05, 3.63) is 107 Å². The fraction of sp³-hybridized carbons (Fsp3) is 0.185. The molecule has 0 fully saturated rings. The number of hydrogen-bond donors (Lipinski definition) is 3. The molecule has 6 heteroatoms. The maximum absolute atomic E-state index is 13.4. The van der Waals surface area contributed by atoms with E-state index in [-0.39, 0.29) is 29.1 Å². The normalized spacial score (nSPS) is 21.2. The zero-order valence-corrected chi connectivity index (χ0v) is 18.1. The van der Waals surface area contributed by atoms with Gasteiger partial charge in [-0.1, -0.05) is 42.5 Å². The first-order valence-electron chi connectivity index (χ1n) is 11.0. The van der Waals surface area contributed by atoms with Crippen LogP contribution in [0.2, 0.25) is 0 Å². The second kappa shape index (κ2) is 8.54. The smallest absolute Gasteiger partial charge is 0.275 e. The molecule has 0 unspecified atom stereocenters. The molecule has 0 saturated carbocycles. The average molecular weight is 442 g/mol. The summed E-state index contributed by atoms with van der Waals surface area (Å²) >= 11 is 0. The molecule has 0 bridgehead atoms. The molecule has 0 radical (unpaired) electrons. The predicted octanol–water partition coefficient (Wildman–Crippen LogP) is 5.51. The fourth-order valence-corrected chi connectivity index (χ4v) is 4.74. The van der Waals surface area contributed by atoms with Gasteiger partial charge >= 0.3 is 0 Å². The molecule has 0 aromatic heterocycles. The topological polar surface area (TPSA) is 73.7 Å². The van der Waals surface area contributed by atoms with E-state index >= 15 is 0 Å². The van der Waals surface area contributed by atoms with Gasteiger partial charge in [-0.05, 0) is 72.4 Å². The zero-order chi connectivity index (χ0) is 22.9. The van der Waals surface area contributed by atoms with E-state index in [2.05, 4.69) is 34.1 Å². The van der Waals surface area contributed by atoms with Gasteiger partial charge in [-0.3, -0.25) is 4.79 Å². The van der Waals surface area contributed by atoms with Crippen LogP contribution >= 0.6 is 0 Å². The van der Waals surface area contributed by atoms with Crippen molar-refractivity contribution in [1.82, 2.24) is 5.43 Å². The van der Waals surface area contributed by atoms with Gasteiger partial charge < -0.3 is 10.4 Å². The van der Waals surface area contributed by atoms with Gasteiger partial charge in [0.15, 0.2) is 0 Å². The van der Waals surface area contributed by atoms with Crippen molar-refractivity contribution in [2.24, 2.45) is 11.0 Å². The van der Waals surface area contributed by atoms with Gasteiger partial charge in [-0.2, -0.15) is 5.10 Å². The largest absolute Gasteiger partial charge is 0.507 e. The Morgan fingerprint density at radius 3 is 2.70 bits per heavy atom. The third-order valence-corrected chi connectivity index (χ3v) is 6.48. The molecular weight excluding hydrogens is 417 g/mol. The summed E-state index contributed by atoms with van der Waals surface area (Å²) in [5, 5.41) is 17.8. The molecule has 1 amide bonds. The highest BCUT2D eigenvalue weighted by molar-refractivity contribution is 6.02. The number of amides is 1. The number of fused-ring (bicyclic) bond motifs is 3. The number of aromatic hydroxyl groups is 1. The minimum atomic E-state index is -0.465. The minimum absolute atomic E-state index is 0.0857. The van der Waals surface area contributed by atoms with Crippen LogP contribution in [-0.4, -0.2) is 16.7 Å². The Morgan fingerprint density at radius 2 is 1.91 bits per heavy atom. The van der Waals surface area contributed by atoms with Crippen molar-refractivity contribution in [3.8, 4) is 5.75 Å². The summed E-state index contributed by atoms with van der Waals surface area (Å²) in [6.45, 7) is 1.84. The minimum Gasteiger partial charge on any atom is -0.507 e. The van der Waals surface area contributed by atoms with E-state index in [0.717, 1.165) is 23.2 Å². The molecule has 1 aliphatic heterocycles. The number of anilines is 1. The Balaban J connectivity index is 1.39. The predicted molar refractivity (Wildman–Crippen MR) is 127 cm³/mol. The number of carbonyl (C=O) groups is 1. The molecule has 5 rings (SSSR count). The molecule has 3 N–H and O–H groups in total. The van der Waals surface area contributed by atoms with E-state index in [1.165, 1.54) is 23.8 Å². The summed E-state index contributed by atoms with van der Waals surface area (Å²) in [6, 6.07) is 19.3. The van der Waals surface area contributed by atoms with Crippen LogP contribution in [0.5, 0.6) is 5.75 Å². The molecule has 1 heterocycles. The van der Waals surface area contributed by atoms with E-state index in [4.69, 9.17) is 0 Å². The lowest BCUT2D eigenvalue weighted by atomic mass is 9.76. The SMILES string of the molecule is C/C(=N/NC(=O)c1ccccc1O)c1ccc2c(c1)[C@@H]1C=CC[C@@H]1[C@H](c1ccc(F)cc1)N2. The van der Waals surface area contributed by atoms with E-state index in [0.29, 0.717) is 11.6 Å². The molecule has 3 aromatic carbocycles. The lowest BCUT2D eigenvalue weighted by Gasteiger charge is -2.37.